The lowest BCUT2D eigenvalue weighted by atomic mass is 10.1. The van der Waals surface area contributed by atoms with Crippen LogP contribution < -0.4 is 5.32 Å². The number of hydrogen-bond acceptors (Lipinski definition) is 2. The Morgan fingerprint density at radius 1 is 1.23 bits per heavy atom. The van der Waals surface area contributed by atoms with Gasteiger partial charge in [-0.2, -0.15) is 0 Å². The molecule has 0 unspecified atom stereocenters. The lowest BCUT2D eigenvalue weighted by Gasteiger charge is -2.22. The van der Waals surface area contributed by atoms with E-state index in [4.69, 9.17) is 4.74 Å². The second-order valence-electron chi connectivity index (χ2n) is 4.72. The maximum absolute atomic E-state index is 5.14. The fourth-order valence-corrected chi connectivity index (χ4v) is 2.19. The van der Waals surface area contributed by atoms with Crippen molar-refractivity contribution in [2.75, 3.05) is 13.7 Å². The summed E-state index contributed by atoms with van der Waals surface area (Å²) in [5, 5.41) is 3.72. The summed E-state index contributed by atoms with van der Waals surface area (Å²) >= 11 is 0. The third-order valence-electron chi connectivity index (χ3n) is 3.15. The normalized spacial score (nSPS) is 25.2. The highest BCUT2D eigenvalue weighted by Crippen LogP contribution is 2.44. The van der Waals surface area contributed by atoms with Gasteiger partial charge in [-0.25, -0.2) is 0 Å². The van der Waals surface area contributed by atoms with Gasteiger partial charge >= 0.3 is 0 Å². The minimum Gasteiger partial charge on any atom is -0.383 e. The van der Waals surface area contributed by atoms with Gasteiger partial charge in [0.25, 0.3) is 0 Å². The number of methoxy groups -OCH3 is 1. The van der Waals surface area contributed by atoms with Gasteiger partial charge in [0.05, 0.1) is 6.61 Å². The summed E-state index contributed by atoms with van der Waals surface area (Å²) in [7, 11) is 1.78. The van der Waals surface area contributed by atoms with Crippen LogP contribution in [0.4, 0.5) is 0 Å². The summed E-state index contributed by atoms with van der Waals surface area (Å²) in [6, 6.07) is 1.33. The van der Waals surface area contributed by atoms with E-state index in [0.29, 0.717) is 6.04 Å². The fourth-order valence-electron chi connectivity index (χ4n) is 2.19. The van der Waals surface area contributed by atoms with Crippen molar-refractivity contribution in [3.05, 3.63) is 0 Å². The average molecular weight is 183 g/mol. The molecule has 0 aromatic rings. The van der Waals surface area contributed by atoms with E-state index in [0.717, 1.165) is 24.5 Å². The molecule has 0 bridgehead atoms. The first-order chi connectivity index (χ1) is 6.31. The molecule has 0 heterocycles. The Morgan fingerprint density at radius 3 is 2.15 bits per heavy atom. The fraction of sp³-hybridized carbons (Fsp3) is 1.00. The highest BCUT2D eigenvalue weighted by molar-refractivity contribution is 4.97. The molecule has 0 spiro atoms. The second kappa shape index (κ2) is 3.97. The molecule has 2 heteroatoms. The molecule has 2 fully saturated rings. The molecule has 2 aliphatic carbocycles. The van der Waals surface area contributed by atoms with Crippen molar-refractivity contribution >= 4 is 0 Å². The Kier molecular flexibility index (Phi) is 2.89. The summed E-state index contributed by atoms with van der Waals surface area (Å²) < 4.78 is 5.14. The maximum atomic E-state index is 5.14. The van der Waals surface area contributed by atoms with Gasteiger partial charge in [0, 0.05) is 19.2 Å². The standard InChI is InChI=1S/C11H21NO/c1-8(7-13-2)12-11(9-3-4-9)10-5-6-10/h8-12H,3-7H2,1-2H3/t8-/m1/s1. The van der Waals surface area contributed by atoms with E-state index in [9.17, 15) is 0 Å². The summed E-state index contributed by atoms with van der Waals surface area (Å²) in [6.07, 6.45) is 5.81. The molecule has 2 rings (SSSR count). The molecule has 1 N–H and O–H groups in total. The third-order valence-corrected chi connectivity index (χ3v) is 3.15. The van der Waals surface area contributed by atoms with E-state index < -0.39 is 0 Å². The third kappa shape index (κ3) is 2.68. The first kappa shape index (κ1) is 9.47. The summed E-state index contributed by atoms with van der Waals surface area (Å²) in [5.41, 5.74) is 0. The predicted octanol–water partition coefficient (Wildman–Crippen LogP) is 1.80. The van der Waals surface area contributed by atoms with E-state index >= 15 is 0 Å². The van der Waals surface area contributed by atoms with Gasteiger partial charge in [-0.1, -0.05) is 0 Å². The molecule has 0 aliphatic heterocycles. The van der Waals surface area contributed by atoms with Crippen molar-refractivity contribution in [3.63, 3.8) is 0 Å². The quantitative estimate of drug-likeness (QED) is 0.678. The molecule has 2 saturated carbocycles. The van der Waals surface area contributed by atoms with Crippen molar-refractivity contribution in [3.8, 4) is 0 Å². The molecule has 0 radical (unpaired) electrons. The molecule has 2 aliphatic rings. The van der Waals surface area contributed by atoms with Crippen molar-refractivity contribution in [1.82, 2.24) is 5.32 Å². The molecular formula is C11H21NO. The molecular weight excluding hydrogens is 162 g/mol. The zero-order valence-electron chi connectivity index (χ0n) is 8.75. The lowest BCUT2D eigenvalue weighted by Crippen LogP contribution is -2.41. The van der Waals surface area contributed by atoms with Crippen molar-refractivity contribution in [2.45, 2.75) is 44.7 Å². The lowest BCUT2D eigenvalue weighted by molar-refractivity contribution is 0.162. The van der Waals surface area contributed by atoms with Crippen LogP contribution >= 0.6 is 0 Å². The Bertz CT molecular complexity index is 151. The molecule has 13 heavy (non-hydrogen) atoms. The molecule has 2 nitrogen and oxygen atoms in total. The predicted molar refractivity (Wildman–Crippen MR) is 53.7 cm³/mol. The second-order valence-corrected chi connectivity index (χ2v) is 4.72. The largest absolute Gasteiger partial charge is 0.383 e. The maximum Gasteiger partial charge on any atom is 0.0613 e. The van der Waals surface area contributed by atoms with Crippen LogP contribution in [0.3, 0.4) is 0 Å². The zero-order chi connectivity index (χ0) is 9.26. The minimum atomic E-state index is 0.524. The van der Waals surface area contributed by atoms with Gasteiger partial charge in [-0.15, -0.1) is 0 Å². The van der Waals surface area contributed by atoms with Gasteiger partial charge < -0.3 is 10.1 Å². The van der Waals surface area contributed by atoms with Crippen LogP contribution in [-0.2, 0) is 4.74 Å². The first-order valence-electron chi connectivity index (χ1n) is 5.56. The minimum absolute atomic E-state index is 0.524. The van der Waals surface area contributed by atoms with Gasteiger partial charge in [-0.3, -0.25) is 0 Å². The zero-order valence-corrected chi connectivity index (χ0v) is 8.75. The van der Waals surface area contributed by atoms with E-state index in [1.165, 1.54) is 25.7 Å². The highest BCUT2D eigenvalue weighted by Gasteiger charge is 2.41. The van der Waals surface area contributed by atoms with Crippen molar-refractivity contribution in [2.24, 2.45) is 11.8 Å². The monoisotopic (exact) mass is 183 g/mol. The average Bonchev–Trinajstić information content (AvgIpc) is 2.95. The van der Waals surface area contributed by atoms with E-state index in [2.05, 4.69) is 12.2 Å². The van der Waals surface area contributed by atoms with Gasteiger partial charge in [0.1, 0.15) is 0 Å². The molecule has 0 aromatic carbocycles. The molecule has 0 amide bonds. The summed E-state index contributed by atoms with van der Waals surface area (Å²) in [4.78, 5) is 0. The van der Waals surface area contributed by atoms with E-state index in [-0.39, 0.29) is 0 Å². The van der Waals surface area contributed by atoms with Crippen molar-refractivity contribution < 1.29 is 4.74 Å². The Hall–Kier alpha value is -0.0800. The SMILES string of the molecule is COC[C@@H](C)NC(C1CC1)C1CC1. The molecule has 76 valence electrons. The number of hydrogen-bond donors (Lipinski definition) is 1. The van der Waals surface area contributed by atoms with Crippen LogP contribution in [-0.4, -0.2) is 25.8 Å². The Labute approximate surface area is 81.0 Å². The Morgan fingerprint density at radius 2 is 1.77 bits per heavy atom. The van der Waals surface area contributed by atoms with Gasteiger partial charge in [0.15, 0.2) is 0 Å². The molecule has 0 saturated heterocycles. The van der Waals surface area contributed by atoms with Crippen LogP contribution in [0.2, 0.25) is 0 Å². The van der Waals surface area contributed by atoms with Crippen LogP contribution in [0.15, 0.2) is 0 Å². The molecule has 0 aromatic heterocycles. The van der Waals surface area contributed by atoms with Crippen LogP contribution in [0, 0.1) is 11.8 Å². The van der Waals surface area contributed by atoms with E-state index in [1.807, 2.05) is 0 Å². The van der Waals surface area contributed by atoms with Gasteiger partial charge in [0.2, 0.25) is 0 Å². The van der Waals surface area contributed by atoms with Crippen LogP contribution in [0.25, 0.3) is 0 Å². The summed E-state index contributed by atoms with van der Waals surface area (Å²) in [6.45, 7) is 3.07. The molecule has 1 atom stereocenters. The summed E-state index contributed by atoms with van der Waals surface area (Å²) in [5.74, 6) is 1.98. The van der Waals surface area contributed by atoms with Crippen LogP contribution in [0.5, 0.6) is 0 Å². The Balaban J connectivity index is 1.75. The topological polar surface area (TPSA) is 21.3 Å². The number of nitrogens with one attached hydrogen (secondary N) is 1. The van der Waals surface area contributed by atoms with Crippen molar-refractivity contribution in [1.29, 1.82) is 0 Å². The van der Waals surface area contributed by atoms with Gasteiger partial charge in [-0.05, 0) is 44.4 Å². The number of ether oxygens (including phenoxy) is 1. The smallest absolute Gasteiger partial charge is 0.0613 e. The van der Waals surface area contributed by atoms with Crippen LogP contribution in [0.1, 0.15) is 32.6 Å². The van der Waals surface area contributed by atoms with E-state index in [1.54, 1.807) is 7.11 Å². The highest BCUT2D eigenvalue weighted by atomic mass is 16.5. The first-order valence-corrected chi connectivity index (χ1v) is 5.56. The number of rotatable bonds is 6.